The number of nitrogens with zero attached hydrogens (tertiary/aromatic N) is 2. The van der Waals surface area contributed by atoms with Gasteiger partial charge in [-0.25, -0.2) is 13.1 Å². The lowest BCUT2D eigenvalue weighted by atomic mass is 9.86. The van der Waals surface area contributed by atoms with E-state index in [0.717, 1.165) is 50.6 Å². The molecule has 0 spiro atoms. The van der Waals surface area contributed by atoms with Crippen LogP contribution in [-0.4, -0.2) is 68.8 Å². The summed E-state index contributed by atoms with van der Waals surface area (Å²) in [4.78, 5) is 6.82. The van der Waals surface area contributed by atoms with Gasteiger partial charge in [0.2, 0.25) is 10.0 Å². The minimum Gasteiger partial charge on any atom is -0.357 e. The molecule has 0 aromatic rings. The third-order valence-electron chi connectivity index (χ3n) is 4.67. The Morgan fingerprint density at radius 1 is 1.32 bits per heavy atom. The van der Waals surface area contributed by atoms with E-state index >= 15 is 0 Å². The van der Waals surface area contributed by atoms with Gasteiger partial charge in [-0.3, -0.25) is 4.99 Å². The van der Waals surface area contributed by atoms with Crippen LogP contribution in [-0.2, 0) is 10.0 Å². The zero-order chi connectivity index (χ0) is 17.4. The van der Waals surface area contributed by atoms with E-state index in [2.05, 4.69) is 26.9 Å². The third-order valence-corrected chi connectivity index (χ3v) is 7.37. The molecular weight excluding hydrogens is 471 g/mol. The molecule has 1 aliphatic heterocycles. The van der Waals surface area contributed by atoms with Crippen molar-refractivity contribution in [2.24, 2.45) is 10.9 Å². The van der Waals surface area contributed by atoms with E-state index < -0.39 is 10.0 Å². The Labute approximate surface area is 174 Å². The van der Waals surface area contributed by atoms with E-state index in [9.17, 15) is 8.42 Å². The van der Waals surface area contributed by atoms with Crippen LogP contribution in [0.1, 0.15) is 39.5 Å². The minimum atomic E-state index is -3.22. The summed E-state index contributed by atoms with van der Waals surface area (Å²) in [5.74, 6) is 2.56. The molecule has 1 atom stereocenters. The lowest BCUT2D eigenvalue weighted by Gasteiger charge is -2.34. The van der Waals surface area contributed by atoms with Crippen molar-refractivity contribution in [3.8, 4) is 0 Å². The Morgan fingerprint density at radius 2 is 2.08 bits per heavy atom. The van der Waals surface area contributed by atoms with Crippen molar-refractivity contribution in [3.05, 3.63) is 0 Å². The van der Waals surface area contributed by atoms with Gasteiger partial charge in [-0.15, -0.1) is 24.0 Å². The molecule has 9 heteroatoms. The zero-order valence-corrected chi connectivity index (χ0v) is 19.3. The Kier molecular flexibility index (Phi) is 11.1. The summed E-state index contributed by atoms with van der Waals surface area (Å²) < 4.78 is 26.9. The molecule has 0 bridgehead atoms. The molecular formula is C16H33IN4O2S2. The summed E-state index contributed by atoms with van der Waals surface area (Å²) in [6, 6.07) is 0. The van der Waals surface area contributed by atoms with Crippen LogP contribution >= 0.6 is 35.7 Å². The van der Waals surface area contributed by atoms with Gasteiger partial charge in [-0.05, 0) is 32.1 Å². The molecule has 2 fully saturated rings. The lowest BCUT2D eigenvalue weighted by molar-refractivity contribution is 0.316. The van der Waals surface area contributed by atoms with Crippen LogP contribution < -0.4 is 10.0 Å². The zero-order valence-electron chi connectivity index (χ0n) is 15.4. The Hall–Kier alpha value is 0.260. The maximum absolute atomic E-state index is 12.1. The summed E-state index contributed by atoms with van der Waals surface area (Å²) in [6.45, 7) is 7.91. The molecule has 2 aliphatic rings. The number of guanidine groups is 1. The van der Waals surface area contributed by atoms with Crippen LogP contribution in [0.25, 0.3) is 0 Å². The largest absolute Gasteiger partial charge is 0.357 e. The second kappa shape index (κ2) is 11.9. The van der Waals surface area contributed by atoms with Gasteiger partial charge < -0.3 is 10.2 Å². The number of hydrogen-bond donors (Lipinski definition) is 2. The number of sulfonamides is 1. The fourth-order valence-corrected chi connectivity index (χ4v) is 5.02. The first-order valence-corrected chi connectivity index (χ1v) is 11.9. The molecule has 1 aliphatic carbocycles. The average Bonchev–Trinajstić information content (AvgIpc) is 2.52. The first kappa shape index (κ1) is 23.3. The van der Waals surface area contributed by atoms with Crippen molar-refractivity contribution < 1.29 is 8.42 Å². The molecule has 6 nitrogen and oxygen atoms in total. The van der Waals surface area contributed by atoms with Crippen molar-refractivity contribution in [3.63, 3.8) is 0 Å². The molecule has 2 N–H and O–H groups in total. The van der Waals surface area contributed by atoms with E-state index in [-0.39, 0.29) is 29.7 Å². The van der Waals surface area contributed by atoms with Crippen molar-refractivity contribution in [1.82, 2.24) is 14.9 Å². The topological polar surface area (TPSA) is 73.8 Å². The first-order chi connectivity index (χ1) is 11.5. The van der Waals surface area contributed by atoms with Crippen LogP contribution in [0.4, 0.5) is 0 Å². The highest BCUT2D eigenvalue weighted by atomic mass is 127. The molecule has 0 aromatic carbocycles. The number of rotatable bonds is 8. The molecule has 1 saturated carbocycles. The predicted octanol–water partition coefficient (Wildman–Crippen LogP) is 2.12. The Morgan fingerprint density at radius 3 is 2.68 bits per heavy atom. The van der Waals surface area contributed by atoms with Crippen molar-refractivity contribution in [2.45, 2.75) is 44.8 Å². The van der Waals surface area contributed by atoms with Crippen LogP contribution in [0.15, 0.2) is 4.99 Å². The molecule has 1 unspecified atom stereocenters. The summed E-state index contributed by atoms with van der Waals surface area (Å²) >= 11 is 2.02. The Bertz CT molecular complexity index is 512. The number of aliphatic imine (C=N–C) groups is 1. The molecule has 0 aromatic heterocycles. The molecule has 2 rings (SSSR count). The maximum Gasteiger partial charge on any atom is 0.213 e. The molecule has 1 saturated heterocycles. The maximum atomic E-state index is 12.1. The van der Waals surface area contributed by atoms with Gasteiger partial charge in [-0.2, -0.15) is 11.8 Å². The normalized spacial score (nSPS) is 22.2. The van der Waals surface area contributed by atoms with Crippen LogP contribution in [0, 0.1) is 5.92 Å². The predicted molar refractivity (Wildman–Crippen MR) is 119 cm³/mol. The number of hydrogen-bond acceptors (Lipinski definition) is 4. The molecule has 148 valence electrons. The second-order valence-electron chi connectivity index (χ2n) is 6.55. The summed E-state index contributed by atoms with van der Waals surface area (Å²) in [5, 5.41) is 3.94. The van der Waals surface area contributed by atoms with Crippen molar-refractivity contribution in [2.75, 3.05) is 44.2 Å². The van der Waals surface area contributed by atoms with E-state index in [1.54, 1.807) is 0 Å². The van der Waals surface area contributed by atoms with Crippen LogP contribution in [0.3, 0.4) is 0 Å². The monoisotopic (exact) mass is 504 g/mol. The standard InChI is InChI=1S/C16H32N4O2S2.HI/c1-3-15-13-20(9-10-23-15)16(17-4-2)18-8-11-24(21,22)19-12-14-6-5-7-14;/h14-15,19H,3-13H2,1-2H3,(H,17,18);1H. The fourth-order valence-electron chi connectivity index (χ4n) is 2.87. The number of halogens is 1. The Balaban J connectivity index is 0.00000312. The first-order valence-electron chi connectivity index (χ1n) is 9.16. The quantitative estimate of drug-likeness (QED) is 0.301. The summed E-state index contributed by atoms with van der Waals surface area (Å²) in [5.41, 5.74) is 0. The van der Waals surface area contributed by atoms with Crippen molar-refractivity contribution in [1.29, 1.82) is 0 Å². The lowest BCUT2D eigenvalue weighted by Crippen LogP contribution is -2.48. The van der Waals surface area contributed by atoms with Crippen LogP contribution in [0.5, 0.6) is 0 Å². The smallest absolute Gasteiger partial charge is 0.213 e. The van der Waals surface area contributed by atoms with Gasteiger partial charge in [0, 0.05) is 37.2 Å². The van der Waals surface area contributed by atoms with Crippen molar-refractivity contribution >= 4 is 51.7 Å². The van der Waals surface area contributed by atoms with Gasteiger partial charge >= 0.3 is 0 Å². The molecule has 25 heavy (non-hydrogen) atoms. The highest BCUT2D eigenvalue weighted by molar-refractivity contribution is 14.0. The minimum absolute atomic E-state index is 0. The van der Waals surface area contributed by atoms with E-state index in [1.165, 1.54) is 6.42 Å². The van der Waals surface area contributed by atoms with E-state index in [1.807, 2.05) is 18.7 Å². The average molecular weight is 505 g/mol. The highest BCUT2D eigenvalue weighted by Crippen LogP contribution is 2.25. The third kappa shape index (κ3) is 8.21. The highest BCUT2D eigenvalue weighted by Gasteiger charge is 2.22. The number of nitrogens with one attached hydrogen (secondary N) is 2. The number of thioether (sulfide) groups is 1. The van der Waals surface area contributed by atoms with Gasteiger partial charge in [0.1, 0.15) is 0 Å². The van der Waals surface area contributed by atoms with E-state index in [0.29, 0.717) is 24.3 Å². The fraction of sp³-hybridized carbons (Fsp3) is 0.938. The molecule has 1 heterocycles. The van der Waals surface area contributed by atoms with Gasteiger partial charge in [0.15, 0.2) is 5.96 Å². The summed E-state index contributed by atoms with van der Waals surface area (Å²) in [6.07, 6.45) is 4.68. The van der Waals surface area contributed by atoms with E-state index in [4.69, 9.17) is 0 Å². The second-order valence-corrected chi connectivity index (χ2v) is 9.88. The molecule has 0 amide bonds. The molecule has 0 radical (unpaired) electrons. The summed E-state index contributed by atoms with van der Waals surface area (Å²) in [7, 11) is -3.22. The van der Waals surface area contributed by atoms with Crippen LogP contribution in [0.2, 0.25) is 0 Å². The van der Waals surface area contributed by atoms with Gasteiger partial charge in [0.25, 0.3) is 0 Å². The van der Waals surface area contributed by atoms with Gasteiger partial charge in [-0.1, -0.05) is 13.3 Å². The van der Waals surface area contributed by atoms with Gasteiger partial charge in [0.05, 0.1) is 12.3 Å². The SMILES string of the molecule is CCNC(=NCCS(=O)(=O)NCC1CCC1)N1CCSC(CC)C1.I.